The molecule has 1 aromatic carbocycles. The number of nitrogens with zero attached hydrogens (tertiary/aromatic N) is 1. The molecule has 3 aliphatic heterocycles. The highest BCUT2D eigenvalue weighted by Crippen LogP contribution is 2.17. The van der Waals surface area contributed by atoms with Crippen molar-refractivity contribution >= 4 is 9.05 Å². The van der Waals surface area contributed by atoms with Gasteiger partial charge in [-0.05, 0) is 12.0 Å². The molecule has 6 heteroatoms. The molecule has 0 aromatic heterocycles. The predicted octanol–water partition coefficient (Wildman–Crippen LogP) is 1.06. The molecule has 0 amide bonds. The van der Waals surface area contributed by atoms with Crippen molar-refractivity contribution in [1.82, 2.24) is 4.90 Å². The number of hydrogen-bond donors (Lipinski definition) is 0. The van der Waals surface area contributed by atoms with Gasteiger partial charge in [-0.15, -0.1) is 0 Å². The van der Waals surface area contributed by atoms with E-state index in [4.69, 9.17) is 17.7 Å². The first-order valence-corrected chi connectivity index (χ1v) is 8.82. The van der Waals surface area contributed by atoms with Gasteiger partial charge in [0, 0.05) is 26.2 Å². The van der Waals surface area contributed by atoms with E-state index in [0.717, 1.165) is 26.1 Å². The maximum Gasteiger partial charge on any atom is 0.679 e. The van der Waals surface area contributed by atoms with Crippen LogP contribution in [0.5, 0.6) is 0 Å². The van der Waals surface area contributed by atoms with Crippen molar-refractivity contribution < 1.29 is 17.7 Å². The SMILES string of the molecule is c1ccc(CCO[Si]23OCCN(CCO2)CCO3)cc1. The van der Waals surface area contributed by atoms with Crippen molar-refractivity contribution in [2.24, 2.45) is 0 Å². The Morgan fingerprint density at radius 1 is 0.950 bits per heavy atom. The van der Waals surface area contributed by atoms with Crippen LogP contribution in [0, 0.1) is 0 Å². The van der Waals surface area contributed by atoms with Crippen LogP contribution in [0.25, 0.3) is 0 Å². The first-order chi connectivity index (χ1) is 9.86. The summed E-state index contributed by atoms with van der Waals surface area (Å²) in [6.45, 7) is 5.24. The molecule has 0 aliphatic carbocycles. The Balaban J connectivity index is 1.56. The van der Waals surface area contributed by atoms with Crippen molar-refractivity contribution in [1.29, 1.82) is 0 Å². The second-order valence-electron chi connectivity index (χ2n) is 4.97. The summed E-state index contributed by atoms with van der Waals surface area (Å²) in [6.07, 6.45) is 0.845. The molecular weight excluding hydrogens is 274 g/mol. The summed E-state index contributed by atoms with van der Waals surface area (Å²) in [7, 11) is -2.91. The van der Waals surface area contributed by atoms with Crippen molar-refractivity contribution in [3.63, 3.8) is 0 Å². The summed E-state index contributed by atoms with van der Waals surface area (Å²) >= 11 is 0. The number of benzene rings is 1. The van der Waals surface area contributed by atoms with Gasteiger partial charge in [-0.25, -0.2) is 0 Å². The summed E-state index contributed by atoms with van der Waals surface area (Å²) in [4.78, 5) is 2.29. The Morgan fingerprint density at radius 3 is 2.15 bits per heavy atom. The van der Waals surface area contributed by atoms with Crippen LogP contribution in [-0.4, -0.2) is 60.0 Å². The van der Waals surface area contributed by atoms with E-state index in [-0.39, 0.29) is 0 Å². The zero-order chi connectivity index (χ0) is 13.7. The fourth-order valence-electron chi connectivity index (χ4n) is 2.42. The summed E-state index contributed by atoms with van der Waals surface area (Å²) < 4.78 is 23.4. The number of hydrogen-bond acceptors (Lipinski definition) is 5. The lowest BCUT2D eigenvalue weighted by atomic mass is 10.2. The van der Waals surface area contributed by atoms with Crippen molar-refractivity contribution in [2.75, 3.05) is 46.1 Å². The van der Waals surface area contributed by atoms with Crippen LogP contribution in [0.15, 0.2) is 30.3 Å². The van der Waals surface area contributed by atoms with Gasteiger partial charge < -0.3 is 17.7 Å². The molecule has 3 saturated heterocycles. The third-order valence-corrected chi connectivity index (χ3v) is 5.80. The predicted molar refractivity (Wildman–Crippen MR) is 76.1 cm³/mol. The van der Waals surface area contributed by atoms with E-state index in [0.29, 0.717) is 26.4 Å². The zero-order valence-electron chi connectivity index (χ0n) is 11.6. The minimum absolute atomic E-state index is 0.569. The summed E-state index contributed by atoms with van der Waals surface area (Å²) in [5.41, 5.74) is 1.25. The second kappa shape index (κ2) is 6.80. The molecule has 5 nitrogen and oxygen atoms in total. The Morgan fingerprint density at radius 2 is 1.55 bits per heavy atom. The van der Waals surface area contributed by atoms with Crippen LogP contribution < -0.4 is 0 Å². The number of rotatable bonds is 4. The molecule has 0 spiro atoms. The molecule has 20 heavy (non-hydrogen) atoms. The van der Waals surface area contributed by atoms with E-state index in [2.05, 4.69) is 17.0 Å². The smallest absolute Gasteiger partial charge is 0.351 e. The van der Waals surface area contributed by atoms with Crippen LogP contribution in [0.2, 0.25) is 0 Å². The first kappa shape index (κ1) is 14.2. The fraction of sp³-hybridized carbons (Fsp3) is 0.571. The third-order valence-electron chi connectivity index (χ3n) is 3.57. The van der Waals surface area contributed by atoms with Gasteiger partial charge in [0.05, 0.1) is 19.8 Å². The van der Waals surface area contributed by atoms with E-state index in [1.807, 2.05) is 18.2 Å². The minimum atomic E-state index is -2.91. The van der Waals surface area contributed by atoms with E-state index < -0.39 is 9.05 Å². The maximum atomic E-state index is 5.93. The monoisotopic (exact) mass is 295 g/mol. The van der Waals surface area contributed by atoms with Crippen LogP contribution in [-0.2, 0) is 24.1 Å². The summed E-state index contributed by atoms with van der Waals surface area (Å²) in [6, 6.07) is 10.3. The molecule has 0 unspecified atom stereocenters. The van der Waals surface area contributed by atoms with Crippen LogP contribution >= 0.6 is 0 Å². The van der Waals surface area contributed by atoms with Gasteiger partial charge in [0.25, 0.3) is 0 Å². The van der Waals surface area contributed by atoms with E-state index in [9.17, 15) is 0 Å². The highest BCUT2D eigenvalue weighted by atomic mass is 28.4. The second-order valence-corrected chi connectivity index (χ2v) is 7.13. The first-order valence-electron chi connectivity index (χ1n) is 7.18. The Labute approximate surface area is 120 Å². The van der Waals surface area contributed by atoms with Crippen molar-refractivity contribution in [3.8, 4) is 0 Å². The standard InChI is InChI=1S/C14H21NO4Si/c1-2-4-14(5-3-1)6-10-16-20-17-11-7-15(8-12-18-20)9-13-19-20/h1-5H,6-13H2. The van der Waals surface area contributed by atoms with Gasteiger partial charge in [-0.2, -0.15) is 0 Å². The molecule has 1 aromatic rings. The fourth-order valence-corrected chi connectivity index (χ4v) is 4.30. The molecule has 0 saturated carbocycles. The topological polar surface area (TPSA) is 40.2 Å². The van der Waals surface area contributed by atoms with Crippen LogP contribution in [0.3, 0.4) is 0 Å². The molecule has 0 N–H and O–H groups in total. The van der Waals surface area contributed by atoms with Crippen LogP contribution in [0.1, 0.15) is 5.56 Å². The average molecular weight is 295 g/mol. The lowest BCUT2D eigenvalue weighted by molar-refractivity contribution is -0.0740. The molecular formula is C14H21NO4Si. The molecule has 2 bridgehead atoms. The maximum absolute atomic E-state index is 5.93. The molecule has 3 aliphatic rings. The normalized spacial score (nSPS) is 30.5. The molecule has 3 fully saturated rings. The van der Waals surface area contributed by atoms with Crippen molar-refractivity contribution in [3.05, 3.63) is 35.9 Å². The quantitative estimate of drug-likeness (QED) is 0.777. The van der Waals surface area contributed by atoms with E-state index in [1.165, 1.54) is 5.56 Å². The van der Waals surface area contributed by atoms with Gasteiger partial charge >= 0.3 is 9.05 Å². The molecule has 3 heterocycles. The number of fused-ring (bicyclic) bond motifs is 6. The molecule has 4 rings (SSSR count). The molecule has 0 atom stereocenters. The van der Waals surface area contributed by atoms with E-state index in [1.54, 1.807) is 0 Å². The molecule has 0 radical (unpaired) electrons. The van der Waals surface area contributed by atoms with E-state index >= 15 is 0 Å². The lowest BCUT2D eigenvalue weighted by Crippen LogP contribution is -2.57. The van der Waals surface area contributed by atoms with Gasteiger partial charge in [-0.1, -0.05) is 30.3 Å². The van der Waals surface area contributed by atoms with Gasteiger partial charge in [-0.3, -0.25) is 4.90 Å². The summed E-state index contributed by atoms with van der Waals surface area (Å²) in [5.74, 6) is 0. The van der Waals surface area contributed by atoms with Gasteiger partial charge in [0.1, 0.15) is 0 Å². The lowest BCUT2D eigenvalue weighted by Gasteiger charge is -2.36. The minimum Gasteiger partial charge on any atom is -0.351 e. The largest absolute Gasteiger partial charge is 0.679 e. The zero-order valence-corrected chi connectivity index (χ0v) is 12.6. The van der Waals surface area contributed by atoms with Crippen LogP contribution in [0.4, 0.5) is 0 Å². The molecule has 110 valence electrons. The van der Waals surface area contributed by atoms with Gasteiger partial charge in [0.15, 0.2) is 0 Å². The van der Waals surface area contributed by atoms with Gasteiger partial charge in [0.2, 0.25) is 0 Å². The highest BCUT2D eigenvalue weighted by Gasteiger charge is 2.47. The van der Waals surface area contributed by atoms with Crippen molar-refractivity contribution in [2.45, 2.75) is 6.42 Å². The summed E-state index contributed by atoms with van der Waals surface area (Å²) in [5, 5.41) is 0. The highest BCUT2D eigenvalue weighted by molar-refractivity contribution is 6.53. The Kier molecular flexibility index (Phi) is 4.82. The Bertz CT molecular complexity index is 390. The Hall–Kier alpha value is -0.763. The third kappa shape index (κ3) is 3.66. The average Bonchev–Trinajstić information content (AvgIpc) is 2.40.